The van der Waals surface area contributed by atoms with Gasteiger partial charge in [0.15, 0.2) is 5.78 Å². The molecule has 128 valence electrons. The Labute approximate surface area is 138 Å². The van der Waals surface area contributed by atoms with Crippen molar-refractivity contribution in [3.63, 3.8) is 0 Å². The fraction of sp³-hybridized carbons (Fsp3) is 0.667. The van der Waals surface area contributed by atoms with E-state index in [0.717, 1.165) is 19.5 Å². The van der Waals surface area contributed by atoms with E-state index in [0.29, 0.717) is 35.0 Å². The Balaban J connectivity index is 2.22. The molecule has 5 heteroatoms. The van der Waals surface area contributed by atoms with Crippen LogP contribution in [0.15, 0.2) is 0 Å². The predicted molar refractivity (Wildman–Crippen MR) is 90.0 cm³/mol. The van der Waals surface area contributed by atoms with Gasteiger partial charge in [-0.15, -0.1) is 0 Å². The third-order valence-electron chi connectivity index (χ3n) is 4.78. The number of hydrogen-bond donors (Lipinski definition) is 1. The summed E-state index contributed by atoms with van der Waals surface area (Å²) in [5.74, 6) is 0.313. The molecule has 1 aliphatic heterocycles. The van der Waals surface area contributed by atoms with Crippen LogP contribution < -0.4 is 0 Å². The lowest BCUT2D eigenvalue weighted by atomic mass is 9.97. The van der Waals surface area contributed by atoms with Crippen molar-refractivity contribution < 1.29 is 14.3 Å². The topological polar surface area (TPSA) is 62.4 Å². The number of H-pyrrole nitrogens is 1. The van der Waals surface area contributed by atoms with Crippen LogP contribution in [-0.4, -0.2) is 47.4 Å². The second-order valence-corrected chi connectivity index (χ2v) is 6.63. The Bertz CT molecular complexity index is 591. The first-order valence-electron chi connectivity index (χ1n) is 8.51. The van der Waals surface area contributed by atoms with Gasteiger partial charge in [0, 0.05) is 12.2 Å². The predicted octanol–water partition coefficient (Wildman–Crippen LogP) is 3.11. The molecule has 1 saturated heterocycles. The average molecular weight is 320 g/mol. The van der Waals surface area contributed by atoms with E-state index in [1.165, 1.54) is 6.42 Å². The maximum atomic E-state index is 12.9. The highest BCUT2D eigenvalue weighted by molar-refractivity contribution is 6.03. The maximum Gasteiger partial charge on any atom is 0.340 e. The van der Waals surface area contributed by atoms with Crippen LogP contribution in [0.1, 0.15) is 65.7 Å². The summed E-state index contributed by atoms with van der Waals surface area (Å²) in [7, 11) is 0. The average Bonchev–Trinajstić information content (AvgIpc) is 2.81. The number of carbonyl (C=O) groups is 2. The van der Waals surface area contributed by atoms with E-state index in [2.05, 4.69) is 16.8 Å². The summed E-state index contributed by atoms with van der Waals surface area (Å²) in [6, 6.07) is -0.176. The highest BCUT2D eigenvalue weighted by Crippen LogP contribution is 2.23. The standard InChI is InChI=1S/C18H28N2O3/c1-6-23-18(22)15-12(3)16(19-13(15)4)17(21)14(5)20-9-7-8-11(2)10-20/h11,14,19H,6-10H2,1-5H3/t11-,14+/m0/s1. The summed E-state index contributed by atoms with van der Waals surface area (Å²) < 4.78 is 5.09. The molecule has 1 aromatic rings. The third-order valence-corrected chi connectivity index (χ3v) is 4.78. The van der Waals surface area contributed by atoms with Crippen molar-refractivity contribution in [3.8, 4) is 0 Å². The van der Waals surface area contributed by atoms with Crippen LogP contribution in [0.4, 0.5) is 0 Å². The van der Waals surface area contributed by atoms with Gasteiger partial charge >= 0.3 is 5.97 Å². The van der Waals surface area contributed by atoms with Crippen molar-refractivity contribution in [3.05, 3.63) is 22.5 Å². The monoisotopic (exact) mass is 320 g/mol. The lowest BCUT2D eigenvalue weighted by Crippen LogP contribution is -2.44. The van der Waals surface area contributed by atoms with Gasteiger partial charge in [0.2, 0.25) is 0 Å². The number of hydrogen-bond acceptors (Lipinski definition) is 4. The van der Waals surface area contributed by atoms with Crippen LogP contribution >= 0.6 is 0 Å². The van der Waals surface area contributed by atoms with Crippen molar-refractivity contribution in [1.29, 1.82) is 0 Å². The van der Waals surface area contributed by atoms with Crippen LogP contribution in [0.5, 0.6) is 0 Å². The first kappa shape index (κ1) is 17.7. The van der Waals surface area contributed by atoms with E-state index in [4.69, 9.17) is 4.74 Å². The number of piperidine rings is 1. The normalized spacial score (nSPS) is 20.3. The summed E-state index contributed by atoms with van der Waals surface area (Å²) in [6.45, 7) is 11.8. The van der Waals surface area contributed by atoms with Crippen LogP contribution in [0.3, 0.4) is 0 Å². The lowest BCUT2D eigenvalue weighted by Gasteiger charge is -2.34. The van der Waals surface area contributed by atoms with Gasteiger partial charge in [0.1, 0.15) is 0 Å². The van der Waals surface area contributed by atoms with Gasteiger partial charge in [-0.05, 0) is 58.6 Å². The number of ketones is 1. The Hall–Kier alpha value is -1.62. The molecule has 1 N–H and O–H groups in total. The summed E-state index contributed by atoms with van der Waals surface area (Å²) in [5, 5.41) is 0. The molecule has 0 radical (unpaired) electrons. The molecule has 5 nitrogen and oxygen atoms in total. The van der Waals surface area contributed by atoms with Crippen molar-refractivity contribution in [2.75, 3.05) is 19.7 Å². The van der Waals surface area contributed by atoms with Gasteiger partial charge in [0.25, 0.3) is 0 Å². The Kier molecular flexibility index (Phi) is 5.63. The van der Waals surface area contributed by atoms with Crippen LogP contribution in [0.2, 0.25) is 0 Å². The molecule has 0 amide bonds. The highest BCUT2D eigenvalue weighted by atomic mass is 16.5. The molecule has 1 aromatic heterocycles. The quantitative estimate of drug-likeness (QED) is 0.669. The second kappa shape index (κ2) is 7.30. The van der Waals surface area contributed by atoms with Gasteiger partial charge in [-0.2, -0.15) is 0 Å². The molecular formula is C18H28N2O3. The van der Waals surface area contributed by atoms with E-state index in [1.807, 2.05) is 20.8 Å². The van der Waals surface area contributed by atoms with Gasteiger partial charge in [-0.1, -0.05) is 6.92 Å². The molecular weight excluding hydrogens is 292 g/mol. The van der Waals surface area contributed by atoms with Crippen molar-refractivity contribution >= 4 is 11.8 Å². The van der Waals surface area contributed by atoms with E-state index in [1.54, 1.807) is 6.92 Å². The number of esters is 1. The SMILES string of the molecule is CCOC(=O)c1c(C)[nH]c(C(=O)[C@@H](C)N2CCC[C@H](C)C2)c1C. The van der Waals surface area contributed by atoms with Gasteiger partial charge < -0.3 is 9.72 Å². The number of rotatable bonds is 5. The zero-order valence-electron chi connectivity index (χ0n) is 14.9. The number of aromatic amines is 1. The number of Topliss-reactive ketones (excluding diaryl/α,β-unsaturated/α-hetero) is 1. The number of carbonyl (C=O) groups excluding carboxylic acids is 2. The van der Waals surface area contributed by atoms with Crippen molar-refractivity contribution in [1.82, 2.24) is 9.88 Å². The lowest BCUT2D eigenvalue weighted by molar-refractivity contribution is 0.0525. The van der Waals surface area contributed by atoms with E-state index in [9.17, 15) is 9.59 Å². The number of nitrogens with one attached hydrogen (secondary N) is 1. The zero-order valence-corrected chi connectivity index (χ0v) is 14.9. The summed E-state index contributed by atoms with van der Waals surface area (Å²) in [4.78, 5) is 30.3. The molecule has 0 aromatic carbocycles. The van der Waals surface area contributed by atoms with Gasteiger partial charge in [-0.3, -0.25) is 9.69 Å². The molecule has 0 bridgehead atoms. The van der Waals surface area contributed by atoms with Crippen molar-refractivity contribution in [2.45, 2.75) is 53.5 Å². The molecule has 0 spiro atoms. The van der Waals surface area contributed by atoms with Crippen LogP contribution in [-0.2, 0) is 4.74 Å². The minimum absolute atomic E-state index is 0.0512. The molecule has 2 heterocycles. The summed E-state index contributed by atoms with van der Waals surface area (Å²) >= 11 is 0. The van der Waals surface area contributed by atoms with Gasteiger partial charge in [0.05, 0.1) is 23.9 Å². The molecule has 0 aliphatic carbocycles. The third kappa shape index (κ3) is 3.66. The van der Waals surface area contributed by atoms with Crippen LogP contribution in [0.25, 0.3) is 0 Å². The molecule has 0 unspecified atom stereocenters. The number of likely N-dealkylation sites (tertiary alicyclic amines) is 1. The fourth-order valence-corrected chi connectivity index (χ4v) is 3.46. The highest BCUT2D eigenvalue weighted by Gasteiger charge is 2.30. The molecule has 23 heavy (non-hydrogen) atoms. The minimum atomic E-state index is -0.364. The number of ether oxygens (including phenoxy) is 1. The first-order valence-corrected chi connectivity index (χ1v) is 8.51. The maximum absolute atomic E-state index is 12.9. The Morgan fingerprint density at radius 1 is 1.39 bits per heavy atom. The molecule has 1 fully saturated rings. The van der Waals surface area contributed by atoms with Crippen LogP contribution in [0, 0.1) is 19.8 Å². The number of aromatic nitrogens is 1. The van der Waals surface area contributed by atoms with Crippen molar-refractivity contribution in [2.24, 2.45) is 5.92 Å². The number of nitrogens with zero attached hydrogens (tertiary/aromatic N) is 1. The summed E-state index contributed by atoms with van der Waals surface area (Å²) in [6.07, 6.45) is 2.36. The smallest absolute Gasteiger partial charge is 0.340 e. The van der Waals surface area contributed by atoms with E-state index < -0.39 is 0 Å². The zero-order chi connectivity index (χ0) is 17.1. The van der Waals surface area contributed by atoms with E-state index in [-0.39, 0.29) is 17.8 Å². The Morgan fingerprint density at radius 3 is 2.70 bits per heavy atom. The first-order chi connectivity index (χ1) is 10.9. The summed E-state index contributed by atoms with van der Waals surface area (Å²) in [5.41, 5.74) is 2.43. The molecule has 1 aliphatic rings. The molecule has 2 rings (SSSR count). The second-order valence-electron chi connectivity index (χ2n) is 6.63. The fourth-order valence-electron chi connectivity index (χ4n) is 3.46. The molecule has 2 atom stereocenters. The number of aryl methyl sites for hydroxylation is 1. The minimum Gasteiger partial charge on any atom is -0.462 e. The largest absolute Gasteiger partial charge is 0.462 e. The van der Waals surface area contributed by atoms with E-state index >= 15 is 0 Å². The van der Waals surface area contributed by atoms with Gasteiger partial charge in [-0.25, -0.2) is 4.79 Å². The Morgan fingerprint density at radius 2 is 2.09 bits per heavy atom. The molecule has 0 saturated carbocycles.